The molecule has 0 aliphatic carbocycles. The molecule has 24 heavy (non-hydrogen) atoms. The zero-order valence-electron chi connectivity index (χ0n) is 15.0. The summed E-state index contributed by atoms with van der Waals surface area (Å²) in [6, 6.07) is 4.74. The number of carbonyl (C=O) groups excluding carboxylic acids is 1. The monoisotopic (exact) mass is 377 g/mol. The van der Waals surface area contributed by atoms with Gasteiger partial charge in [-0.25, -0.2) is 8.42 Å². The molecule has 0 unspecified atom stereocenters. The quantitative estimate of drug-likeness (QED) is 0.749. The summed E-state index contributed by atoms with van der Waals surface area (Å²) in [6.45, 7) is 7.45. The number of rotatable bonds is 8. The van der Waals surface area contributed by atoms with Gasteiger partial charge in [-0.3, -0.25) is 4.79 Å². The second-order valence-corrected chi connectivity index (χ2v) is 7.33. The Morgan fingerprint density at radius 3 is 2.29 bits per heavy atom. The van der Waals surface area contributed by atoms with Crippen LogP contribution in [0.1, 0.15) is 29.8 Å². The minimum Gasteiger partial charge on any atom is -0.340 e. The summed E-state index contributed by atoms with van der Waals surface area (Å²) in [5, 5.41) is 2.99. The molecule has 1 rings (SSSR count). The van der Waals surface area contributed by atoms with E-state index in [2.05, 4.69) is 5.32 Å². The van der Waals surface area contributed by atoms with Gasteiger partial charge in [0.05, 0.1) is 4.90 Å². The van der Waals surface area contributed by atoms with Crippen LogP contribution < -0.4 is 5.32 Å². The number of amides is 1. The Morgan fingerprint density at radius 1 is 1.21 bits per heavy atom. The fourth-order valence-corrected chi connectivity index (χ4v) is 3.78. The van der Waals surface area contributed by atoms with E-state index in [4.69, 9.17) is 0 Å². The van der Waals surface area contributed by atoms with Crippen LogP contribution in [0.3, 0.4) is 0 Å². The molecule has 0 fully saturated rings. The summed E-state index contributed by atoms with van der Waals surface area (Å²) in [5.41, 5.74) is 1.20. The largest absolute Gasteiger partial charge is 0.340 e. The molecular weight excluding hydrogens is 350 g/mol. The van der Waals surface area contributed by atoms with Crippen LogP contribution in [0.5, 0.6) is 0 Å². The molecule has 1 aromatic rings. The molecule has 0 spiro atoms. The van der Waals surface area contributed by atoms with Crippen molar-refractivity contribution >= 4 is 28.3 Å². The SMILES string of the molecule is CCN(CC)S(=O)(=O)c1ccc(C)c(C(=O)N(C)CCNC)c1.Cl. The highest BCUT2D eigenvalue weighted by Crippen LogP contribution is 2.20. The Balaban J connectivity index is 0.00000529. The first-order valence-corrected chi connectivity index (χ1v) is 9.24. The number of nitrogens with one attached hydrogen (secondary N) is 1. The Kier molecular flexibility index (Phi) is 9.50. The summed E-state index contributed by atoms with van der Waals surface area (Å²) >= 11 is 0. The lowest BCUT2D eigenvalue weighted by molar-refractivity contribution is 0.0796. The average molecular weight is 378 g/mol. The summed E-state index contributed by atoms with van der Waals surface area (Å²) in [4.78, 5) is 14.3. The molecule has 1 aromatic carbocycles. The third-order valence-electron chi connectivity index (χ3n) is 3.83. The molecule has 138 valence electrons. The first-order valence-electron chi connectivity index (χ1n) is 7.80. The van der Waals surface area contributed by atoms with Gasteiger partial charge < -0.3 is 10.2 Å². The highest BCUT2D eigenvalue weighted by molar-refractivity contribution is 7.89. The topological polar surface area (TPSA) is 69.7 Å². The van der Waals surface area contributed by atoms with Crippen LogP contribution in [0.4, 0.5) is 0 Å². The second-order valence-electron chi connectivity index (χ2n) is 5.40. The molecule has 0 atom stereocenters. The fourth-order valence-electron chi connectivity index (χ4n) is 2.29. The number of benzene rings is 1. The van der Waals surface area contributed by atoms with E-state index in [0.29, 0.717) is 31.7 Å². The molecule has 0 saturated carbocycles. The van der Waals surface area contributed by atoms with E-state index < -0.39 is 10.0 Å². The van der Waals surface area contributed by atoms with Crippen LogP contribution in [0.2, 0.25) is 0 Å². The highest BCUT2D eigenvalue weighted by Gasteiger charge is 2.24. The lowest BCUT2D eigenvalue weighted by Crippen LogP contribution is -2.34. The summed E-state index contributed by atoms with van der Waals surface area (Å²) in [6.07, 6.45) is 0. The van der Waals surface area contributed by atoms with Gasteiger partial charge in [-0.15, -0.1) is 12.4 Å². The molecule has 0 aromatic heterocycles. The smallest absolute Gasteiger partial charge is 0.253 e. The van der Waals surface area contributed by atoms with E-state index in [1.165, 1.54) is 10.4 Å². The first-order chi connectivity index (χ1) is 10.8. The van der Waals surface area contributed by atoms with Gasteiger partial charge in [-0.2, -0.15) is 4.31 Å². The second kappa shape index (κ2) is 9.98. The first kappa shape index (κ1) is 22.9. The maximum atomic E-state index is 12.6. The zero-order chi connectivity index (χ0) is 17.6. The Bertz CT molecular complexity index is 646. The predicted molar refractivity (Wildman–Crippen MR) is 99.4 cm³/mol. The highest BCUT2D eigenvalue weighted by atomic mass is 35.5. The number of carbonyl (C=O) groups is 1. The van der Waals surface area contributed by atoms with Crippen molar-refractivity contribution in [3.8, 4) is 0 Å². The van der Waals surface area contributed by atoms with E-state index in [1.54, 1.807) is 37.9 Å². The van der Waals surface area contributed by atoms with Crippen LogP contribution in [-0.4, -0.2) is 63.8 Å². The summed E-state index contributed by atoms with van der Waals surface area (Å²) in [7, 11) is -0.0331. The van der Waals surface area contributed by atoms with Crippen molar-refractivity contribution < 1.29 is 13.2 Å². The number of halogens is 1. The van der Waals surface area contributed by atoms with E-state index in [0.717, 1.165) is 5.56 Å². The minimum absolute atomic E-state index is 0. The Hall–Kier alpha value is -1.15. The minimum atomic E-state index is -3.57. The molecule has 0 radical (unpaired) electrons. The van der Waals surface area contributed by atoms with E-state index in [9.17, 15) is 13.2 Å². The molecule has 0 aliphatic heterocycles. The van der Waals surface area contributed by atoms with Crippen LogP contribution in [0.25, 0.3) is 0 Å². The number of nitrogens with zero attached hydrogens (tertiary/aromatic N) is 2. The predicted octanol–water partition coefficient (Wildman–Crippen LogP) is 1.74. The maximum Gasteiger partial charge on any atom is 0.253 e. The van der Waals surface area contributed by atoms with Crippen molar-refractivity contribution in [2.24, 2.45) is 0 Å². The lowest BCUT2D eigenvalue weighted by Gasteiger charge is -2.21. The molecule has 6 nitrogen and oxygen atoms in total. The Labute approximate surface area is 151 Å². The average Bonchev–Trinajstić information content (AvgIpc) is 2.53. The molecule has 1 amide bonds. The zero-order valence-corrected chi connectivity index (χ0v) is 16.6. The van der Waals surface area contributed by atoms with Gasteiger partial charge in [0, 0.05) is 38.8 Å². The van der Waals surface area contributed by atoms with Gasteiger partial charge in [0.25, 0.3) is 5.91 Å². The van der Waals surface area contributed by atoms with Gasteiger partial charge in [-0.1, -0.05) is 19.9 Å². The van der Waals surface area contributed by atoms with Gasteiger partial charge in [0.2, 0.25) is 10.0 Å². The van der Waals surface area contributed by atoms with Crippen molar-refractivity contribution in [2.75, 3.05) is 40.3 Å². The number of aryl methyl sites for hydroxylation is 1. The Morgan fingerprint density at radius 2 is 1.79 bits per heavy atom. The van der Waals surface area contributed by atoms with Gasteiger partial charge >= 0.3 is 0 Å². The summed E-state index contributed by atoms with van der Waals surface area (Å²) < 4.78 is 26.6. The van der Waals surface area contributed by atoms with E-state index >= 15 is 0 Å². The van der Waals surface area contributed by atoms with Crippen LogP contribution in [-0.2, 0) is 10.0 Å². The van der Waals surface area contributed by atoms with Crippen molar-refractivity contribution in [1.29, 1.82) is 0 Å². The molecular formula is C16H28ClN3O3S. The third-order valence-corrected chi connectivity index (χ3v) is 5.87. The molecule has 0 heterocycles. The van der Waals surface area contributed by atoms with E-state index in [1.807, 2.05) is 14.0 Å². The van der Waals surface area contributed by atoms with Crippen LogP contribution in [0.15, 0.2) is 23.1 Å². The lowest BCUT2D eigenvalue weighted by atomic mass is 10.1. The normalized spacial score (nSPS) is 11.2. The summed E-state index contributed by atoms with van der Waals surface area (Å²) in [5.74, 6) is -0.172. The number of hydrogen-bond donors (Lipinski definition) is 1. The van der Waals surface area contributed by atoms with Crippen molar-refractivity contribution in [3.63, 3.8) is 0 Å². The molecule has 8 heteroatoms. The van der Waals surface area contributed by atoms with Crippen LogP contribution >= 0.6 is 12.4 Å². The standard InChI is InChI=1S/C16H27N3O3S.ClH/c1-6-19(7-2)23(21,22)14-9-8-13(3)15(12-14)16(20)18(5)11-10-17-4;/h8-9,12,17H,6-7,10-11H2,1-5H3;1H. The van der Waals surface area contributed by atoms with Gasteiger partial charge in [0.1, 0.15) is 0 Å². The third kappa shape index (κ3) is 5.17. The van der Waals surface area contributed by atoms with Crippen LogP contribution in [0, 0.1) is 6.92 Å². The molecule has 0 bridgehead atoms. The van der Waals surface area contributed by atoms with Crippen molar-refractivity contribution in [1.82, 2.24) is 14.5 Å². The molecule has 1 N–H and O–H groups in total. The molecule has 0 aliphatic rings. The number of sulfonamides is 1. The number of hydrogen-bond acceptors (Lipinski definition) is 4. The van der Waals surface area contributed by atoms with Gasteiger partial charge in [0.15, 0.2) is 0 Å². The fraction of sp³-hybridized carbons (Fsp3) is 0.562. The van der Waals surface area contributed by atoms with Crippen molar-refractivity contribution in [2.45, 2.75) is 25.7 Å². The number of likely N-dealkylation sites (N-methyl/N-ethyl adjacent to an activating group) is 2. The van der Waals surface area contributed by atoms with Gasteiger partial charge in [-0.05, 0) is 31.7 Å². The maximum absolute atomic E-state index is 12.6. The van der Waals surface area contributed by atoms with Crippen molar-refractivity contribution in [3.05, 3.63) is 29.3 Å². The van der Waals surface area contributed by atoms with E-state index in [-0.39, 0.29) is 23.2 Å². The molecule has 0 saturated heterocycles.